The second-order valence-electron chi connectivity index (χ2n) is 12.4. The molecule has 3 unspecified atom stereocenters. The van der Waals surface area contributed by atoms with E-state index in [1.165, 1.54) is 24.3 Å². The Bertz CT molecular complexity index is 1680. The molecule has 2 aliphatic carbocycles. The minimum Gasteiger partial charge on any atom is -0.423 e. The number of hydrogen-bond acceptors (Lipinski definition) is 4. The Labute approximate surface area is 263 Å². The van der Waals surface area contributed by atoms with E-state index < -0.39 is 64.7 Å². The Morgan fingerprint density at radius 3 is 1.98 bits per heavy atom. The third kappa shape index (κ3) is 6.21. The van der Waals surface area contributed by atoms with Gasteiger partial charge in [-0.15, -0.1) is 0 Å². The van der Waals surface area contributed by atoms with Gasteiger partial charge in [0.25, 0.3) is 0 Å². The summed E-state index contributed by atoms with van der Waals surface area (Å²) < 4.78 is 99.3. The quantitative estimate of drug-likeness (QED) is 0.115. The molecular weight excluding hydrogens is 610 g/mol. The van der Waals surface area contributed by atoms with E-state index in [1.54, 1.807) is 25.1 Å². The number of aliphatic hydroxyl groups is 1. The molecule has 3 aliphatic rings. The third-order valence-electron chi connectivity index (χ3n) is 9.66. The van der Waals surface area contributed by atoms with Gasteiger partial charge in [-0.25, -0.2) is 22.0 Å². The predicted molar refractivity (Wildman–Crippen MR) is 158 cm³/mol. The van der Waals surface area contributed by atoms with Gasteiger partial charge in [0.05, 0.1) is 18.6 Å². The smallest absolute Gasteiger partial charge is 0.314 e. The Balaban J connectivity index is 1.07. The largest absolute Gasteiger partial charge is 0.423 e. The molecule has 1 aliphatic heterocycles. The van der Waals surface area contributed by atoms with Crippen LogP contribution in [0.25, 0.3) is 5.57 Å². The number of carbonyl (C=O) groups excluding carboxylic acids is 1. The monoisotopic (exact) mass is 644 g/mol. The molecular formula is C36H34F6O4. The standard InChI is InChI=1S/C36H34F6O4/c1-2-27(43)25-13-11-22(30(37)33(25)40)20-7-9-21(10-8-20)36(44)46-28-16-15-24(32(39)35(28)42)19-5-3-18(4-6-19)23-12-14-26(29-17-45-29)34(41)31(23)38/h7,11-16,18-19,21,27,29,43H,2-6,8-10,17H2,1H3. The van der Waals surface area contributed by atoms with Crippen LogP contribution in [0.4, 0.5) is 26.3 Å². The predicted octanol–water partition coefficient (Wildman–Crippen LogP) is 9.27. The van der Waals surface area contributed by atoms with Gasteiger partial charge in [-0.2, -0.15) is 4.39 Å². The number of ether oxygens (including phenoxy) is 2. The van der Waals surface area contributed by atoms with Crippen LogP contribution in [-0.2, 0) is 9.53 Å². The number of allylic oxidation sites excluding steroid dienone is 2. The summed E-state index contributed by atoms with van der Waals surface area (Å²) >= 11 is 0. The molecule has 1 heterocycles. The summed E-state index contributed by atoms with van der Waals surface area (Å²) in [6.45, 7) is 2.02. The third-order valence-corrected chi connectivity index (χ3v) is 9.66. The van der Waals surface area contributed by atoms with Crippen LogP contribution in [0.3, 0.4) is 0 Å². The van der Waals surface area contributed by atoms with E-state index in [4.69, 9.17) is 9.47 Å². The molecule has 3 atom stereocenters. The van der Waals surface area contributed by atoms with Gasteiger partial charge in [0.1, 0.15) is 6.10 Å². The fourth-order valence-electron chi connectivity index (χ4n) is 6.80. The van der Waals surface area contributed by atoms with E-state index >= 15 is 8.78 Å². The number of halogens is 6. The molecule has 1 saturated heterocycles. The summed E-state index contributed by atoms with van der Waals surface area (Å²) in [5.41, 5.74) is 1.06. The number of esters is 1. The summed E-state index contributed by atoms with van der Waals surface area (Å²) in [7, 11) is 0. The van der Waals surface area contributed by atoms with Crippen molar-refractivity contribution in [3.63, 3.8) is 0 Å². The van der Waals surface area contributed by atoms with Crippen molar-refractivity contribution in [3.05, 3.63) is 105 Å². The van der Waals surface area contributed by atoms with Crippen molar-refractivity contribution in [2.75, 3.05) is 6.61 Å². The van der Waals surface area contributed by atoms with Gasteiger partial charge in [0.2, 0.25) is 5.82 Å². The number of hydrogen-bond donors (Lipinski definition) is 1. The molecule has 3 aromatic rings. The molecule has 2 fully saturated rings. The molecule has 244 valence electrons. The summed E-state index contributed by atoms with van der Waals surface area (Å²) in [5.74, 6) is -8.92. The summed E-state index contributed by atoms with van der Waals surface area (Å²) in [6, 6.07) is 8.51. The van der Waals surface area contributed by atoms with E-state index in [1.807, 2.05) is 0 Å². The van der Waals surface area contributed by atoms with Crippen LogP contribution >= 0.6 is 0 Å². The van der Waals surface area contributed by atoms with Gasteiger partial charge in [0.15, 0.2) is 34.8 Å². The zero-order chi connectivity index (χ0) is 32.7. The van der Waals surface area contributed by atoms with Crippen molar-refractivity contribution in [3.8, 4) is 5.75 Å². The maximum absolute atomic E-state index is 15.2. The van der Waals surface area contributed by atoms with Crippen molar-refractivity contribution in [1.29, 1.82) is 0 Å². The van der Waals surface area contributed by atoms with Crippen LogP contribution in [0.5, 0.6) is 5.75 Å². The second-order valence-corrected chi connectivity index (χ2v) is 12.4. The summed E-state index contributed by atoms with van der Waals surface area (Å²) in [6.07, 6.45) is 2.75. The van der Waals surface area contributed by atoms with E-state index in [2.05, 4.69) is 0 Å². The van der Waals surface area contributed by atoms with Crippen molar-refractivity contribution in [2.45, 2.75) is 82.3 Å². The minimum atomic E-state index is -1.28. The zero-order valence-electron chi connectivity index (χ0n) is 25.2. The van der Waals surface area contributed by atoms with E-state index in [0.29, 0.717) is 37.9 Å². The highest BCUT2D eigenvalue weighted by Gasteiger charge is 2.34. The van der Waals surface area contributed by atoms with Crippen molar-refractivity contribution < 1.29 is 45.7 Å². The lowest BCUT2D eigenvalue weighted by Crippen LogP contribution is -2.23. The van der Waals surface area contributed by atoms with E-state index in [0.717, 1.165) is 0 Å². The SMILES string of the molecule is CCC(O)c1ccc(C2=CCC(C(=O)Oc3ccc(C4CCC(c5ccc(C6CO6)c(F)c5F)CC4)c(F)c3F)CC2)c(F)c1F. The zero-order valence-corrected chi connectivity index (χ0v) is 25.2. The molecule has 0 radical (unpaired) electrons. The van der Waals surface area contributed by atoms with Crippen LogP contribution in [0.1, 0.15) is 110 Å². The first-order chi connectivity index (χ1) is 22.1. The minimum absolute atomic E-state index is 0.0491. The lowest BCUT2D eigenvalue weighted by molar-refractivity contribution is -0.139. The molecule has 0 aromatic heterocycles. The molecule has 1 saturated carbocycles. The molecule has 1 N–H and O–H groups in total. The van der Waals surface area contributed by atoms with Crippen molar-refractivity contribution in [1.82, 2.24) is 0 Å². The maximum Gasteiger partial charge on any atom is 0.314 e. The average molecular weight is 645 g/mol. The van der Waals surface area contributed by atoms with Crippen LogP contribution < -0.4 is 4.74 Å². The molecule has 0 amide bonds. The van der Waals surface area contributed by atoms with Crippen LogP contribution in [0.15, 0.2) is 42.5 Å². The van der Waals surface area contributed by atoms with Gasteiger partial charge < -0.3 is 14.6 Å². The first-order valence-electron chi connectivity index (χ1n) is 15.7. The number of carbonyl (C=O) groups is 1. The Morgan fingerprint density at radius 2 is 1.39 bits per heavy atom. The van der Waals surface area contributed by atoms with Crippen LogP contribution in [0, 0.1) is 40.8 Å². The van der Waals surface area contributed by atoms with Gasteiger partial charge in [0, 0.05) is 16.7 Å². The normalized spacial score (nSPS) is 23.5. The lowest BCUT2D eigenvalue weighted by Gasteiger charge is -2.30. The van der Waals surface area contributed by atoms with Crippen LogP contribution in [-0.4, -0.2) is 17.7 Å². The van der Waals surface area contributed by atoms with Crippen molar-refractivity contribution >= 4 is 11.5 Å². The Hall–Kier alpha value is -3.63. The number of rotatable bonds is 8. The van der Waals surface area contributed by atoms with Crippen LogP contribution in [0.2, 0.25) is 0 Å². The molecule has 46 heavy (non-hydrogen) atoms. The van der Waals surface area contributed by atoms with Gasteiger partial charge in [-0.3, -0.25) is 4.79 Å². The molecule has 0 spiro atoms. The van der Waals surface area contributed by atoms with E-state index in [9.17, 15) is 27.5 Å². The molecule has 10 heteroatoms. The molecule has 4 nitrogen and oxygen atoms in total. The van der Waals surface area contributed by atoms with Crippen molar-refractivity contribution in [2.24, 2.45) is 5.92 Å². The maximum atomic E-state index is 15.2. The van der Waals surface area contributed by atoms with E-state index in [-0.39, 0.29) is 65.3 Å². The Morgan fingerprint density at radius 1 is 0.804 bits per heavy atom. The van der Waals surface area contributed by atoms with Gasteiger partial charge >= 0.3 is 5.97 Å². The number of aliphatic hydroxyl groups excluding tert-OH is 1. The highest BCUT2D eigenvalue weighted by Crippen LogP contribution is 2.44. The first-order valence-corrected chi connectivity index (χ1v) is 15.7. The molecule has 0 bridgehead atoms. The number of epoxide rings is 1. The average Bonchev–Trinajstić information content (AvgIpc) is 3.91. The molecule has 3 aromatic carbocycles. The topological polar surface area (TPSA) is 59.1 Å². The van der Waals surface area contributed by atoms with Gasteiger partial charge in [-0.05, 0) is 86.0 Å². The first kappa shape index (κ1) is 32.3. The Kier molecular flexibility index (Phi) is 9.30. The molecule has 6 rings (SSSR count). The summed E-state index contributed by atoms with van der Waals surface area (Å²) in [4.78, 5) is 12.9. The fourth-order valence-corrected chi connectivity index (χ4v) is 6.80. The highest BCUT2D eigenvalue weighted by atomic mass is 19.2. The fraction of sp³-hybridized carbons (Fsp3) is 0.417. The number of benzene rings is 3. The second kappa shape index (κ2) is 13.2. The van der Waals surface area contributed by atoms with Gasteiger partial charge in [-0.1, -0.05) is 43.3 Å². The summed E-state index contributed by atoms with van der Waals surface area (Å²) in [5, 5.41) is 9.91. The lowest BCUT2D eigenvalue weighted by atomic mass is 9.75. The highest BCUT2D eigenvalue weighted by molar-refractivity contribution is 5.78.